The van der Waals surface area contributed by atoms with Crippen molar-refractivity contribution in [3.63, 3.8) is 0 Å². The lowest BCUT2D eigenvalue weighted by molar-refractivity contribution is -0.0504. The second-order valence-corrected chi connectivity index (χ2v) is 6.62. The number of anilines is 1. The van der Waals surface area contributed by atoms with Crippen molar-refractivity contribution in [3.8, 4) is 5.75 Å². The number of hydrogen-bond acceptors (Lipinski definition) is 5. The van der Waals surface area contributed by atoms with E-state index in [0.717, 1.165) is 24.5 Å². The first-order valence-corrected chi connectivity index (χ1v) is 9.99. The molecule has 0 saturated carbocycles. The van der Waals surface area contributed by atoms with Gasteiger partial charge in [-0.3, -0.25) is 0 Å². The van der Waals surface area contributed by atoms with Crippen LogP contribution in [0.25, 0.3) is 0 Å². The van der Waals surface area contributed by atoms with Gasteiger partial charge in [0, 0.05) is 43.5 Å². The largest absolute Gasteiger partial charge is 0.434 e. The van der Waals surface area contributed by atoms with E-state index in [0.29, 0.717) is 37.8 Å². The molecule has 1 fully saturated rings. The van der Waals surface area contributed by atoms with Crippen molar-refractivity contribution < 1.29 is 18.3 Å². The number of rotatable bonds is 8. The number of alkyl halides is 2. The molecule has 0 radical (unpaired) electrons. The van der Waals surface area contributed by atoms with Gasteiger partial charge in [-0.15, -0.1) is 0 Å². The molecule has 2 aromatic rings. The van der Waals surface area contributed by atoms with E-state index < -0.39 is 6.61 Å². The first-order valence-electron chi connectivity index (χ1n) is 9.99. The lowest BCUT2D eigenvalue weighted by Crippen LogP contribution is -2.39. The number of benzene rings is 1. The molecule has 2 N–H and O–H groups in total. The fraction of sp³-hybridized carbons (Fsp3) is 0.429. The molecular formula is C21H27F2N5O2. The van der Waals surface area contributed by atoms with E-state index in [1.807, 2.05) is 19.1 Å². The van der Waals surface area contributed by atoms with E-state index in [1.54, 1.807) is 24.4 Å². The van der Waals surface area contributed by atoms with Gasteiger partial charge in [0.1, 0.15) is 11.6 Å². The maximum atomic E-state index is 12.6. The summed E-state index contributed by atoms with van der Waals surface area (Å²) in [6.45, 7) is 3.49. The molecule has 30 heavy (non-hydrogen) atoms. The third-order valence-electron chi connectivity index (χ3n) is 4.56. The Hall–Kier alpha value is -2.94. The van der Waals surface area contributed by atoms with Crippen molar-refractivity contribution in [2.45, 2.75) is 26.6 Å². The van der Waals surface area contributed by atoms with E-state index in [1.165, 1.54) is 6.07 Å². The lowest BCUT2D eigenvalue weighted by atomic mass is 10.2. The molecule has 1 aliphatic heterocycles. The van der Waals surface area contributed by atoms with E-state index in [2.05, 4.69) is 30.2 Å². The fourth-order valence-electron chi connectivity index (χ4n) is 3.16. The number of para-hydroxylation sites is 1. The van der Waals surface area contributed by atoms with Gasteiger partial charge in [0.05, 0.1) is 19.8 Å². The maximum absolute atomic E-state index is 12.6. The van der Waals surface area contributed by atoms with E-state index in [9.17, 15) is 8.78 Å². The zero-order chi connectivity index (χ0) is 21.2. The lowest BCUT2D eigenvalue weighted by Gasteiger charge is -2.29. The number of aliphatic imine (C=N–C) groups is 1. The van der Waals surface area contributed by atoms with Crippen molar-refractivity contribution in [1.29, 1.82) is 0 Å². The van der Waals surface area contributed by atoms with Crippen LogP contribution in [0.15, 0.2) is 47.6 Å². The molecule has 162 valence electrons. The quantitative estimate of drug-likeness (QED) is 0.507. The molecule has 2 heterocycles. The van der Waals surface area contributed by atoms with Crippen LogP contribution in [-0.4, -0.2) is 50.4 Å². The van der Waals surface area contributed by atoms with Gasteiger partial charge in [-0.05, 0) is 19.1 Å². The van der Waals surface area contributed by atoms with Gasteiger partial charge in [0.15, 0.2) is 5.96 Å². The van der Waals surface area contributed by atoms with E-state index >= 15 is 0 Å². The van der Waals surface area contributed by atoms with Crippen LogP contribution in [0.2, 0.25) is 0 Å². The maximum Gasteiger partial charge on any atom is 0.387 e. The smallest absolute Gasteiger partial charge is 0.387 e. The zero-order valence-electron chi connectivity index (χ0n) is 17.0. The minimum Gasteiger partial charge on any atom is -0.434 e. The molecule has 1 aromatic carbocycles. The van der Waals surface area contributed by atoms with Gasteiger partial charge in [-0.1, -0.05) is 24.3 Å². The molecule has 9 heteroatoms. The van der Waals surface area contributed by atoms with Crippen molar-refractivity contribution >= 4 is 11.8 Å². The molecule has 0 spiro atoms. The normalized spacial score (nSPS) is 14.7. The molecule has 0 amide bonds. The highest BCUT2D eigenvalue weighted by Crippen LogP contribution is 2.21. The fourth-order valence-corrected chi connectivity index (χ4v) is 3.16. The van der Waals surface area contributed by atoms with Crippen LogP contribution in [0.1, 0.15) is 18.1 Å². The molecule has 0 atom stereocenters. The van der Waals surface area contributed by atoms with Crippen LogP contribution in [0, 0.1) is 0 Å². The first-order chi connectivity index (χ1) is 14.7. The zero-order valence-corrected chi connectivity index (χ0v) is 17.0. The van der Waals surface area contributed by atoms with Crippen LogP contribution in [0.5, 0.6) is 5.75 Å². The van der Waals surface area contributed by atoms with Crippen LogP contribution in [0.3, 0.4) is 0 Å². The summed E-state index contributed by atoms with van der Waals surface area (Å²) >= 11 is 0. The standard InChI is InChI=1S/C21H27F2N5O2/c1-2-24-21(26-14-16-6-3-4-8-18(16)30-20(22)23)27-15-17-7-5-9-25-19(17)28-10-12-29-13-11-28/h3-9,20H,2,10-15H2,1H3,(H2,24,26,27). The van der Waals surface area contributed by atoms with Crippen LogP contribution in [0.4, 0.5) is 14.6 Å². The van der Waals surface area contributed by atoms with Crippen LogP contribution >= 0.6 is 0 Å². The van der Waals surface area contributed by atoms with Gasteiger partial charge < -0.3 is 25.0 Å². The molecule has 3 rings (SSSR count). The van der Waals surface area contributed by atoms with Crippen molar-refractivity contribution in [2.24, 2.45) is 4.99 Å². The Balaban J connectivity index is 1.68. The van der Waals surface area contributed by atoms with Crippen molar-refractivity contribution in [2.75, 3.05) is 37.7 Å². The number of ether oxygens (including phenoxy) is 2. The second-order valence-electron chi connectivity index (χ2n) is 6.62. The molecule has 0 aliphatic carbocycles. The number of nitrogens with zero attached hydrogens (tertiary/aromatic N) is 3. The molecule has 0 unspecified atom stereocenters. The summed E-state index contributed by atoms with van der Waals surface area (Å²) in [7, 11) is 0. The Bertz CT molecular complexity index is 829. The minimum absolute atomic E-state index is 0.133. The van der Waals surface area contributed by atoms with Gasteiger partial charge in [0.25, 0.3) is 0 Å². The summed E-state index contributed by atoms with van der Waals surface area (Å²) in [5.41, 5.74) is 1.64. The Kier molecular flexibility index (Phi) is 8.20. The number of morpholine rings is 1. The number of guanidine groups is 1. The van der Waals surface area contributed by atoms with Crippen molar-refractivity contribution in [3.05, 3.63) is 53.7 Å². The Morgan fingerprint density at radius 1 is 1.17 bits per heavy atom. The predicted octanol–water partition coefficient (Wildman–Crippen LogP) is 2.77. The number of halogens is 2. The minimum atomic E-state index is -2.87. The predicted molar refractivity (Wildman–Crippen MR) is 112 cm³/mol. The number of pyridine rings is 1. The van der Waals surface area contributed by atoms with Gasteiger partial charge in [-0.25, -0.2) is 9.98 Å². The summed E-state index contributed by atoms with van der Waals surface area (Å²) in [5, 5.41) is 6.48. The van der Waals surface area contributed by atoms with Crippen LogP contribution in [-0.2, 0) is 17.8 Å². The Morgan fingerprint density at radius 2 is 1.93 bits per heavy atom. The molecule has 1 aliphatic rings. The topological polar surface area (TPSA) is 71.0 Å². The summed E-state index contributed by atoms with van der Waals surface area (Å²) in [6.07, 6.45) is 1.79. The van der Waals surface area contributed by atoms with E-state index in [4.69, 9.17) is 4.74 Å². The number of hydrogen-bond donors (Lipinski definition) is 2. The third kappa shape index (κ3) is 6.28. The number of nitrogens with one attached hydrogen (secondary N) is 2. The summed E-state index contributed by atoms with van der Waals surface area (Å²) in [6, 6.07) is 10.6. The molecule has 7 nitrogen and oxygen atoms in total. The Morgan fingerprint density at radius 3 is 2.70 bits per heavy atom. The first kappa shape index (κ1) is 21.8. The summed E-state index contributed by atoms with van der Waals surface area (Å²) < 4.78 is 35.2. The highest BCUT2D eigenvalue weighted by atomic mass is 19.3. The third-order valence-corrected chi connectivity index (χ3v) is 4.56. The SMILES string of the molecule is CCNC(=NCc1ccccc1OC(F)F)NCc1cccnc1N1CCOCC1. The van der Waals surface area contributed by atoms with Gasteiger partial charge in [-0.2, -0.15) is 8.78 Å². The monoisotopic (exact) mass is 419 g/mol. The van der Waals surface area contributed by atoms with E-state index in [-0.39, 0.29) is 12.3 Å². The average molecular weight is 419 g/mol. The summed E-state index contributed by atoms with van der Waals surface area (Å²) in [5.74, 6) is 1.65. The number of aromatic nitrogens is 1. The molecule has 1 aromatic heterocycles. The highest BCUT2D eigenvalue weighted by molar-refractivity contribution is 5.80. The molecule has 1 saturated heterocycles. The summed E-state index contributed by atoms with van der Waals surface area (Å²) in [4.78, 5) is 11.3. The average Bonchev–Trinajstić information content (AvgIpc) is 2.77. The Labute approximate surface area is 175 Å². The molecule has 0 bridgehead atoms. The second kappa shape index (κ2) is 11.3. The van der Waals surface area contributed by atoms with Gasteiger partial charge >= 0.3 is 6.61 Å². The molecular weight excluding hydrogens is 392 g/mol. The highest BCUT2D eigenvalue weighted by Gasteiger charge is 2.16. The van der Waals surface area contributed by atoms with Crippen molar-refractivity contribution in [1.82, 2.24) is 15.6 Å². The van der Waals surface area contributed by atoms with Crippen LogP contribution < -0.4 is 20.3 Å². The van der Waals surface area contributed by atoms with Gasteiger partial charge in [0.2, 0.25) is 0 Å².